The lowest BCUT2D eigenvalue weighted by molar-refractivity contribution is 0.0600. The highest BCUT2D eigenvalue weighted by molar-refractivity contribution is 5.90. The van der Waals surface area contributed by atoms with Gasteiger partial charge >= 0.3 is 12.0 Å². The van der Waals surface area contributed by atoms with Crippen LogP contribution in [0.2, 0.25) is 0 Å². The normalized spacial score (nSPS) is 9.91. The summed E-state index contributed by atoms with van der Waals surface area (Å²) in [5.74, 6) is 5.31. The number of hydrogen-bond acceptors (Lipinski definition) is 4. The summed E-state index contributed by atoms with van der Waals surface area (Å²) in [5, 5.41) is 2.80. The summed E-state index contributed by atoms with van der Waals surface area (Å²) >= 11 is 0. The molecule has 7 heteroatoms. The fourth-order valence-corrected chi connectivity index (χ4v) is 2.84. The summed E-state index contributed by atoms with van der Waals surface area (Å²) in [4.78, 5) is 25.5. The summed E-state index contributed by atoms with van der Waals surface area (Å²) in [6, 6.07) is 19.7. The zero-order chi connectivity index (χ0) is 23.6. The van der Waals surface area contributed by atoms with Crippen LogP contribution < -0.4 is 10.1 Å². The lowest BCUT2D eigenvalue weighted by atomic mass is 10.1. The van der Waals surface area contributed by atoms with Crippen LogP contribution in [0.5, 0.6) is 5.75 Å². The third-order valence-corrected chi connectivity index (χ3v) is 4.62. The van der Waals surface area contributed by atoms with Crippen LogP contribution >= 0.6 is 0 Å². The smallest absolute Gasteiger partial charge is 0.337 e. The number of ether oxygens (including phenoxy) is 2. The average Bonchev–Trinajstić information content (AvgIpc) is 2.83. The van der Waals surface area contributed by atoms with Crippen LogP contribution in [-0.4, -0.2) is 44.2 Å². The first-order valence-electron chi connectivity index (χ1n) is 10.2. The summed E-state index contributed by atoms with van der Waals surface area (Å²) in [5.41, 5.74) is 2.37. The van der Waals surface area contributed by atoms with Gasteiger partial charge in [-0.3, -0.25) is 0 Å². The molecule has 33 heavy (non-hydrogen) atoms. The van der Waals surface area contributed by atoms with Crippen LogP contribution in [0.15, 0.2) is 72.8 Å². The van der Waals surface area contributed by atoms with E-state index in [0.717, 1.165) is 0 Å². The molecule has 0 aliphatic heterocycles. The van der Waals surface area contributed by atoms with E-state index in [9.17, 15) is 14.0 Å². The van der Waals surface area contributed by atoms with Gasteiger partial charge in [0.1, 0.15) is 6.61 Å². The van der Waals surface area contributed by atoms with Crippen molar-refractivity contribution in [2.24, 2.45) is 0 Å². The Kier molecular flexibility index (Phi) is 8.03. The van der Waals surface area contributed by atoms with E-state index in [1.54, 1.807) is 61.6 Å². The highest BCUT2D eigenvalue weighted by atomic mass is 19.1. The minimum absolute atomic E-state index is 0.148. The van der Waals surface area contributed by atoms with Gasteiger partial charge in [0.15, 0.2) is 11.6 Å². The van der Waals surface area contributed by atoms with Gasteiger partial charge in [0.25, 0.3) is 0 Å². The van der Waals surface area contributed by atoms with Crippen LogP contribution in [0, 0.1) is 17.7 Å². The fourth-order valence-electron chi connectivity index (χ4n) is 2.84. The molecule has 2 amide bonds. The molecule has 0 atom stereocenters. The molecule has 0 saturated heterocycles. The molecule has 0 aliphatic carbocycles. The van der Waals surface area contributed by atoms with E-state index in [-0.39, 0.29) is 24.9 Å². The second-order valence-electron chi connectivity index (χ2n) is 7.03. The molecule has 6 nitrogen and oxygen atoms in total. The number of urea groups is 1. The number of para-hydroxylation sites is 1. The lowest BCUT2D eigenvalue weighted by Gasteiger charge is -2.18. The number of hydrogen-bond donors (Lipinski definition) is 1. The highest BCUT2D eigenvalue weighted by Gasteiger charge is 2.10. The number of esters is 1. The summed E-state index contributed by atoms with van der Waals surface area (Å²) in [6.45, 7) is 0.428. The van der Waals surface area contributed by atoms with E-state index in [1.165, 1.54) is 24.1 Å². The Morgan fingerprint density at radius 2 is 1.67 bits per heavy atom. The number of anilines is 1. The van der Waals surface area contributed by atoms with Crippen molar-refractivity contribution in [3.8, 4) is 17.6 Å². The molecule has 0 aromatic heterocycles. The van der Waals surface area contributed by atoms with Crippen molar-refractivity contribution in [2.45, 2.75) is 0 Å². The van der Waals surface area contributed by atoms with E-state index < -0.39 is 11.8 Å². The van der Waals surface area contributed by atoms with Gasteiger partial charge in [0, 0.05) is 23.9 Å². The molecule has 3 aromatic rings. The number of likely N-dealkylation sites (N-methyl/N-ethyl adjacent to an activating group) is 1. The minimum Gasteiger partial charge on any atom is -0.489 e. The molecule has 0 saturated carbocycles. The second-order valence-corrected chi connectivity index (χ2v) is 7.03. The monoisotopic (exact) mass is 446 g/mol. The molecule has 0 radical (unpaired) electrons. The van der Waals surface area contributed by atoms with Gasteiger partial charge in [-0.2, -0.15) is 0 Å². The van der Waals surface area contributed by atoms with Crippen molar-refractivity contribution in [3.63, 3.8) is 0 Å². The fraction of sp³-hybridized carbons (Fsp3) is 0.154. The Hall–Kier alpha value is -4.31. The summed E-state index contributed by atoms with van der Waals surface area (Å²) < 4.78 is 23.7. The SMILES string of the molecule is COC(=O)c1cccc(C#Cc2cccc(NC(=O)N(C)CCOc3ccccc3F)c2)c1. The quantitative estimate of drug-likeness (QED) is 0.446. The maximum absolute atomic E-state index is 13.6. The minimum atomic E-state index is -0.445. The van der Waals surface area contributed by atoms with Crippen LogP contribution in [0.25, 0.3) is 0 Å². The first-order valence-corrected chi connectivity index (χ1v) is 10.2. The maximum atomic E-state index is 13.6. The van der Waals surface area contributed by atoms with Crippen LogP contribution in [0.4, 0.5) is 14.9 Å². The van der Waals surface area contributed by atoms with Gasteiger partial charge in [-0.1, -0.05) is 36.1 Å². The van der Waals surface area contributed by atoms with E-state index in [0.29, 0.717) is 22.4 Å². The van der Waals surface area contributed by atoms with Crippen molar-refractivity contribution in [2.75, 3.05) is 32.6 Å². The molecule has 0 fully saturated rings. The maximum Gasteiger partial charge on any atom is 0.337 e. The highest BCUT2D eigenvalue weighted by Crippen LogP contribution is 2.15. The van der Waals surface area contributed by atoms with Gasteiger partial charge in [-0.25, -0.2) is 14.0 Å². The largest absolute Gasteiger partial charge is 0.489 e. The number of rotatable bonds is 6. The van der Waals surface area contributed by atoms with E-state index in [1.807, 2.05) is 6.07 Å². The number of nitrogens with zero attached hydrogens (tertiary/aromatic N) is 1. The van der Waals surface area contributed by atoms with Crippen LogP contribution in [-0.2, 0) is 4.74 Å². The van der Waals surface area contributed by atoms with Gasteiger partial charge < -0.3 is 19.7 Å². The van der Waals surface area contributed by atoms with Crippen molar-refractivity contribution in [1.29, 1.82) is 0 Å². The molecule has 0 aliphatic rings. The van der Waals surface area contributed by atoms with Gasteiger partial charge in [-0.15, -0.1) is 0 Å². The molecule has 1 N–H and O–H groups in total. The number of methoxy groups -OCH3 is 1. The van der Waals surface area contributed by atoms with E-state index >= 15 is 0 Å². The molecule has 0 unspecified atom stereocenters. The molecule has 0 bridgehead atoms. The second kappa shape index (κ2) is 11.3. The lowest BCUT2D eigenvalue weighted by Crippen LogP contribution is -2.34. The topological polar surface area (TPSA) is 67.9 Å². The number of carbonyl (C=O) groups is 2. The summed E-state index contributed by atoms with van der Waals surface area (Å²) in [7, 11) is 2.95. The van der Waals surface area contributed by atoms with Crippen LogP contribution in [0.1, 0.15) is 21.5 Å². The number of nitrogens with one attached hydrogen (secondary N) is 1. The van der Waals surface area contributed by atoms with Gasteiger partial charge in [-0.05, 0) is 48.5 Å². The van der Waals surface area contributed by atoms with Crippen LogP contribution in [0.3, 0.4) is 0 Å². The first-order chi connectivity index (χ1) is 16.0. The molecular weight excluding hydrogens is 423 g/mol. The van der Waals surface area contributed by atoms with Crippen molar-refractivity contribution >= 4 is 17.7 Å². The first kappa shape index (κ1) is 23.4. The Labute approximate surface area is 191 Å². The Bertz CT molecular complexity index is 1200. The third kappa shape index (κ3) is 6.84. The molecule has 0 heterocycles. The van der Waals surface area contributed by atoms with E-state index in [4.69, 9.17) is 9.47 Å². The van der Waals surface area contributed by atoms with Crippen molar-refractivity contribution in [3.05, 3.63) is 95.3 Å². The standard InChI is InChI=1S/C26H23FN2O4/c1-29(15-16-33-24-12-4-3-11-23(24)27)26(31)28-22-10-6-8-20(18-22)14-13-19-7-5-9-21(17-19)25(30)32-2/h3-12,17-18H,15-16H2,1-2H3,(H,28,31). The summed E-state index contributed by atoms with van der Waals surface area (Å²) in [6.07, 6.45) is 0. The Morgan fingerprint density at radius 1 is 0.970 bits per heavy atom. The molecule has 3 aromatic carbocycles. The van der Waals surface area contributed by atoms with Crippen molar-refractivity contribution in [1.82, 2.24) is 4.90 Å². The molecular formula is C26H23FN2O4. The number of carbonyl (C=O) groups excluding carboxylic acids is 2. The average molecular weight is 446 g/mol. The zero-order valence-corrected chi connectivity index (χ0v) is 18.3. The predicted molar refractivity (Wildman–Crippen MR) is 124 cm³/mol. The molecule has 168 valence electrons. The Morgan fingerprint density at radius 3 is 2.39 bits per heavy atom. The van der Waals surface area contributed by atoms with Crippen molar-refractivity contribution < 1.29 is 23.5 Å². The number of amides is 2. The molecule has 3 rings (SSSR count). The van der Waals surface area contributed by atoms with E-state index in [2.05, 4.69) is 17.2 Å². The van der Waals surface area contributed by atoms with Gasteiger partial charge in [0.2, 0.25) is 0 Å². The number of benzene rings is 3. The third-order valence-electron chi connectivity index (χ3n) is 4.62. The predicted octanol–water partition coefficient (Wildman–Crippen LogP) is 4.55. The van der Waals surface area contributed by atoms with Gasteiger partial charge in [0.05, 0.1) is 19.2 Å². The Balaban J connectivity index is 1.57. The zero-order valence-electron chi connectivity index (χ0n) is 18.3. The molecule has 0 spiro atoms. The number of halogens is 1.